The van der Waals surface area contributed by atoms with Crippen molar-refractivity contribution in [3.8, 4) is 34.1 Å². The molecule has 0 fully saturated rings. The number of anilines is 1. The van der Waals surface area contributed by atoms with Crippen LogP contribution in [0.3, 0.4) is 0 Å². The molecule has 0 atom stereocenters. The first-order valence-corrected chi connectivity index (χ1v) is 11.8. The molecule has 3 aromatic heterocycles. The van der Waals surface area contributed by atoms with Crippen molar-refractivity contribution in [1.29, 1.82) is 0 Å². The average molecular weight is 484 g/mol. The van der Waals surface area contributed by atoms with Gasteiger partial charge in [-0.25, -0.2) is 4.98 Å². The van der Waals surface area contributed by atoms with Crippen LogP contribution in [-0.4, -0.2) is 15.9 Å². The fourth-order valence-corrected chi connectivity index (χ4v) is 4.12. The molecule has 3 aromatic carbocycles. The van der Waals surface area contributed by atoms with Crippen LogP contribution in [0.5, 0.6) is 11.5 Å². The highest BCUT2D eigenvalue weighted by molar-refractivity contribution is 6.13. The summed E-state index contributed by atoms with van der Waals surface area (Å²) in [6.07, 6.45) is 4.86. The fraction of sp³-hybridized carbons (Fsp3) is 0. The van der Waals surface area contributed by atoms with E-state index in [1.54, 1.807) is 42.9 Å². The summed E-state index contributed by atoms with van der Waals surface area (Å²) in [7, 11) is 0. The van der Waals surface area contributed by atoms with Crippen LogP contribution >= 0.6 is 0 Å². The van der Waals surface area contributed by atoms with E-state index in [9.17, 15) is 4.79 Å². The number of nitrogens with one attached hydrogen (secondary N) is 1. The van der Waals surface area contributed by atoms with Gasteiger partial charge < -0.3 is 14.5 Å². The van der Waals surface area contributed by atoms with Crippen LogP contribution in [0.2, 0.25) is 0 Å². The Labute approximate surface area is 213 Å². The SMILES string of the molecule is O=C(Nc1cccnc1)c1cc(-c2ccco2)nc2ccc(-c3ccc(Oc4ccccc4)cc3)cc12. The number of nitrogens with zero attached hydrogens (tertiary/aromatic N) is 2. The molecule has 0 radical (unpaired) electrons. The molecule has 0 spiro atoms. The van der Waals surface area contributed by atoms with E-state index in [4.69, 9.17) is 14.1 Å². The van der Waals surface area contributed by atoms with Gasteiger partial charge in [0, 0.05) is 11.6 Å². The maximum atomic E-state index is 13.4. The molecule has 0 unspecified atom stereocenters. The topological polar surface area (TPSA) is 77.3 Å². The molecule has 6 heteroatoms. The van der Waals surface area contributed by atoms with Crippen molar-refractivity contribution in [3.05, 3.63) is 127 Å². The molecular formula is C31H21N3O3. The minimum absolute atomic E-state index is 0.253. The molecule has 178 valence electrons. The molecule has 1 amide bonds. The highest BCUT2D eigenvalue weighted by Crippen LogP contribution is 2.31. The lowest BCUT2D eigenvalue weighted by molar-refractivity contribution is 0.102. The second-order valence-corrected chi connectivity index (χ2v) is 8.40. The summed E-state index contributed by atoms with van der Waals surface area (Å²) in [6.45, 7) is 0. The van der Waals surface area contributed by atoms with Crippen LogP contribution in [0, 0.1) is 0 Å². The van der Waals surface area contributed by atoms with Crippen LogP contribution in [0.15, 0.2) is 126 Å². The largest absolute Gasteiger partial charge is 0.463 e. The summed E-state index contributed by atoms with van der Waals surface area (Å²) < 4.78 is 11.5. The number of ether oxygens (including phenoxy) is 1. The summed E-state index contributed by atoms with van der Waals surface area (Å²) in [5.41, 5.74) is 4.34. The van der Waals surface area contributed by atoms with Crippen molar-refractivity contribution in [3.63, 3.8) is 0 Å². The van der Waals surface area contributed by atoms with Gasteiger partial charge in [0.25, 0.3) is 5.91 Å². The number of rotatable bonds is 6. The number of carbonyl (C=O) groups is 1. The number of hydrogen-bond donors (Lipinski definition) is 1. The van der Waals surface area contributed by atoms with Crippen molar-refractivity contribution >= 4 is 22.5 Å². The number of fused-ring (bicyclic) bond motifs is 1. The molecule has 0 bridgehead atoms. The van der Waals surface area contributed by atoms with E-state index >= 15 is 0 Å². The highest BCUT2D eigenvalue weighted by atomic mass is 16.5. The maximum absolute atomic E-state index is 13.4. The van der Waals surface area contributed by atoms with Gasteiger partial charge in [-0.2, -0.15) is 0 Å². The van der Waals surface area contributed by atoms with Gasteiger partial charge in [0.15, 0.2) is 5.76 Å². The van der Waals surface area contributed by atoms with Crippen LogP contribution in [0.1, 0.15) is 10.4 Å². The van der Waals surface area contributed by atoms with Crippen LogP contribution < -0.4 is 10.1 Å². The van der Waals surface area contributed by atoms with Gasteiger partial charge >= 0.3 is 0 Å². The van der Waals surface area contributed by atoms with E-state index < -0.39 is 0 Å². The van der Waals surface area contributed by atoms with Gasteiger partial charge in [-0.05, 0) is 77.9 Å². The van der Waals surface area contributed by atoms with E-state index in [-0.39, 0.29) is 5.91 Å². The Kier molecular flexibility index (Phi) is 5.89. The molecule has 0 saturated carbocycles. The number of carbonyl (C=O) groups excluding carboxylic acids is 1. The van der Waals surface area contributed by atoms with Crippen LogP contribution in [0.25, 0.3) is 33.5 Å². The van der Waals surface area contributed by atoms with E-state index in [0.717, 1.165) is 28.0 Å². The number of furan rings is 1. The Balaban J connectivity index is 1.38. The molecule has 0 aliphatic heterocycles. The first-order chi connectivity index (χ1) is 18.2. The number of para-hydroxylation sites is 1. The predicted octanol–water partition coefficient (Wildman–Crippen LogP) is 7.60. The highest BCUT2D eigenvalue weighted by Gasteiger charge is 2.16. The maximum Gasteiger partial charge on any atom is 0.256 e. The Morgan fingerprint density at radius 1 is 0.784 bits per heavy atom. The summed E-state index contributed by atoms with van der Waals surface area (Å²) in [6, 6.07) is 32.4. The second kappa shape index (κ2) is 9.79. The van der Waals surface area contributed by atoms with Crippen molar-refractivity contribution in [1.82, 2.24) is 9.97 Å². The van der Waals surface area contributed by atoms with E-state index in [2.05, 4.69) is 10.3 Å². The third-order valence-electron chi connectivity index (χ3n) is 5.91. The fourth-order valence-electron chi connectivity index (χ4n) is 4.12. The average Bonchev–Trinajstić information content (AvgIpc) is 3.49. The second-order valence-electron chi connectivity index (χ2n) is 8.40. The van der Waals surface area contributed by atoms with Crippen LogP contribution in [0.4, 0.5) is 5.69 Å². The molecule has 0 aliphatic rings. The summed E-state index contributed by atoms with van der Waals surface area (Å²) in [4.78, 5) is 22.2. The molecule has 0 aliphatic carbocycles. The Morgan fingerprint density at radius 3 is 2.35 bits per heavy atom. The molecule has 0 saturated heterocycles. The van der Waals surface area contributed by atoms with E-state index in [1.807, 2.05) is 78.9 Å². The summed E-state index contributed by atoms with van der Waals surface area (Å²) in [5, 5.41) is 3.67. The molecule has 1 N–H and O–H groups in total. The van der Waals surface area contributed by atoms with Crippen molar-refractivity contribution in [2.45, 2.75) is 0 Å². The van der Waals surface area contributed by atoms with Crippen molar-refractivity contribution in [2.24, 2.45) is 0 Å². The standard InChI is InChI=1S/C31H21N3O3/c35-31(33-23-6-4-16-32-20-23)27-19-29(30-9-5-17-36-30)34-28-15-12-22(18-26(27)28)21-10-13-25(14-11-21)37-24-7-2-1-3-8-24/h1-20H,(H,33,35). The van der Waals surface area contributed by atoms with Gasteiger partial charge in [0.2, 0.25) is 0 Å². The summed E-state index contributed by atoms with van der Waals surface area (Å²) in [5.74, 6) is 1.87. The lowest BCUT2D eigenvalue weighted by Crippen LogP contribution is -2.13. The first-order valence-electron chi connectivity index (χ1n) is 11.8. The number of amides is 1. The molecule has 6 aromatic rings. The quantitative estimate of drug-likeness (QED) is 0.264. The number of pyridine rings is 2. The Bertz CT molecular complexity index is 1670. The number of hydrogen-bond acceptors (Lipinski definition) is 5. The predicted molar refractivity (Wildman–Crippen MR) is 144 cm³/mol. The third kappa shape index (κ3) is 4.81. The van der Waals surface area contributed by atoms with Gasteiger partial charge in [-0.1, -0.05) is 36.4 Å². The molecule has 37 heavy (non-hydrogen) atoms. The van der Waals surface area contributed by atoms with Crippen molar-refractivity contribution < 1.29 is 13.9 Å². The molecule has 6 nitrogen and oxygen atoms in total. The Hall–Kier alpha value is -5.23. The van der Waals surface area contributed by atoms with Gasteiger partial charge in [-0.15, -0.1) is 0 Å². The molecule has 3 heterocycles. The molecular weight excluding hydrogens is 462 g/mol. The van der Waals surface area contributed by atoms with Gasteiger partial charge in [0.1, 0.15) is 17.2 Å². The number of aromatic nitrogens is 2. The normalized spacial score (nSPS) is 10.8. The molecule has 6 rings (SSSR count). The lowest BCUT2D eigenvalue weighted by atomic mass is 9.99. The first kappa shape index (κ1) is 22.2. The van der Waals surface area contributed by atoms with Crippen molar-refractivity contribution in [2.75, 3.05) is 5.32 Å². The summed E-state index contributed by atoms with van der Waals surface area (Å²) >= 11 is 0. The smallest absolute Gasteiger partial charge is 0.256 e. The zero-order valence-electron chi connectivity index (χ0n) is 19.7. The minimum atomic E-state index is -0.253. The zero-order chi connectivity index (χ0) is 25.0. The van der Waals surface area contributed by atoms with Gasteiger partial charge in [-0.3, -0.25) is 9.78 Å². The number of benzene rings is 3. The Morgan fingerprint density at radius 2 is 1.59 bits per heavy atom. The van der Waals surface area contributed by atoms with Gasteiger partial charge in [0.05, 0.1) is 29.2 Å². The third-order valence-corrected chi connectivity index (χ3v) is 5.91. The van der Waals surface area contributed by atoms with E-state index in [1.165, 1.54) is 0 Å². The zero-order valence-corrected chi connectivity index (χ0v) is 19.7. The van der Waals surface area contributed by atoms with Crippen LogP contribution in [-0.2, 0) is 0 Å². The monoisotopic (exact) mass is 483 g/mol. The lowest BCUT2D eigenvalue weighted by Gasteiger charge is -2.12. The van der Waals surface area contributed by atoms with E-state index in [0.29, 0.717) is 28.2 Å². The minimum Gasteiger partial charge on any atom is -0.463 e.